The quantitative estimate of drug-likeness (QED) is 0.781. The summed E-state index contributed by atoms with van der Waals surface area (Å²) in [5.74, 6) is 2.29. The number of hydrogen-bond donors (Lipinski definition) is 1. The van der Waals surface area contributed by atoms with Gasteiger partial charge in [0.1, 0.15) is 0 Å². The lowest BCUT2D eigenvalue weighted by Crippen LogP contribution is -2.40. The van der Waals surface area contributed by atoms with Crippen LogP contribution in [0.2, 0.25) is 0 Å². The summed E-state index contributed by atoms with van der Waals surface area (Å²) in [7, 11) is 2.12. The van der Waals surface area contributed by atoms with Crippen LogP contribution < -0.4 is 5.32 Å². The molecule has 0 aliphatic heterocycles. The van der Waals surface area contributed by atoms with Gasteiger partial charge < -0.3 is 5.32 Å². The van der Waals surface area contributed by atoms with Crippen LogP contribution in [0.1, 0.15) is 70.4 Å². The first-order valence-electron chi connectivity index (χ1n) is 8.84. The van der Waals surface area contributed by atoms with Crippen LogP contribution in [0.25, 0.3) is 0 Å². The SMILES string of the molecule is CCCCC1CCC(C(NC)C(C)c2ccccn2)CC1. The lowest BCUT2D eigenvalue weighted by atomic mass is 9.73. The molecule has 118 valence electrons. The largest absolute Gasteiger partial charge is 0.316 e. The van der Waals surface area contributed by atoms with Crippen LogP contribution in [0.3, 0.4) is 0 Å². The predicted octanol–water partition coefficient (Wildman–Crippen LogP) is 4.77. The number of rotatable bonds is 7. The van der Waals surface area contributed by atoms with Gasteiger partial charge in [-0.25, -0.2) is 0 Å². The van der Waals surface area contributed by atoms with E-state index in [9.17, 15) is 0 Å². The number of nitrogens with one attached hydrogen (secondary N) is 1. The normalized spacial score (nSPS) is 25.5. The summed E-state index contributed by atoms with van der Waals surface area (Å²) in [6, 6.07) is 6.84. The lowest BCUT2D eigenvalue weighted by molar-refractivity contribution is 0.202. The van der Waals surface area contributed by atoms with Gasteiger partial charge in [-0.2, -0.15) is 0 Å². The van der Waals surface area contributed by atoms with Gasteiger partial charge in [0, 0.05) is 23.9 Å². The van der Waals surface area contributed by atoms with Gasteiger partial charge in [-0.05, 0) is 43.9 Å². The Labute approximate surface area is 130 Å². The highest BCUT2D eigenvalue weighted by Gasteiger charge is 2.30. The van der Waals surface area contributed by atoms with Gasteiger partial charge in [0.15, 0.2) is 0 Å². The van der Waals surface area contributed by atoms with E-state index in [1.54, 1.807) is 0 Å². The number of pyridine rings is 1. The molecule has 2 nitrogen and oxygen atoms in total. The Bertz CT molecular complexity index is 382. The van der Waals surface area contributed by atoms with Gasteiger partial charge in [0.05, 0.1) is 0 Å². The van der Waals surface area contributed by atoms with E-state index in [1.807, 2.05) is 12.3 Å². The third-order valence-electron chi connectivity index (χ3n) is 5.39. The van der Waals surface area contributed by atoms with Crippen molar-refractivity contribution in [1.82, 2.24) is 10.3 Å². The molecule has 1 aromatic rings. The lowest BCUT2D eigenvalue weighted by Gasteiger charge is -2.36. The maximum atomic E-state index is 4.56. The fourth-order valence-corrected chi connectivity index (χ4v) is 4.05. The van der Waals surface area contributed by atoms with E-state index in [4.69, 9.17) is 0 Å². The van der Waals surface area contributed by atoms with Gasteiger partial charge in [-0.15, -0.1) is 0 Å². The Morgan fingerprint density at radius 3 is 2.57 bits per heavy atom. The first-order valence-corrected chi connectivity index (χ1v) is 8.84. The Hall–Kier alpha value is -0.890. The summed E-state index contributed by atoms with van der Waals surface area (Å²) in [6.07, 6.45) is 11.7. The number of unbranched alkanes of at least 4 members (excludes halogenated alkanes) is 1. The van der Waals surface area contributed by atoms with Crippen molar-refractivity contribution in [3.63, 3.8) is 0 Å². The molecule has 2 heteroatoms. The molecule has 21 heavy (non-hydrogen) atoms. The zero-order valence-electron chi connectivity index (χ0n) is 14.0. The van der Waals surface area contributed by atoms with Crippen molar-refractivity contribution in [2.45, 2.75) is 70.8 Å². The van der Waals surface area contributed by atoms with Crippen LogP contribution in [0.5, 0.6) is 0 Å². The second-order valence-corrected chi connectivity index (χ2v) is 6.78. The van der Waals surface area contributed by atoms with E-state index in [1.165, 1.54) is 50.6 Å². The van der Waals surface area contributed by atoms with Crippen LogP contribution in [-0.2, 0) is 0 Å². The Balaban J connectivity index is 1.90. The standard InChI is InChI=1S/C19H32N2/c1-4-5-8-16-10-12-17(13-11-16)19(20-3)15(2)18-9-6-7-14-21-18/h6-7,9,14-17,19-20H,4-5,8,10-13H2,1-3H3. The highest BCUT2D eigenvalue weighted by molar-refractivity contribution is 5.12. The summed E-state index contributed by atoms with van der Waals surface area (Å²) < 4.78 is 0. The Morgan fingerprint density at radius 1 is 1.24 bits per heavy atom. The second kappa shape index (κ2) is 8.53. The molecule has 2 rings (SSSR count). The van der Waals surface area contributed by atoms with Gasteiger partial charge in [0.2, 0.25) is 0 Å². The molecule has 1 fully saturated rings. The molecular weight excluding hydrogens is 256 g/mol. The molecule has 1 heterocycles. The van der Waals surface area contributed by atoms with E-state index in [2.05, 4.69) is 43.3 Å². The molecule has 2 unspecified atom stereocenters. The van der Waals surface area contributed by atoms with Crippen LogP contribution in [0, 0.1) is 11.8 Å². The van der Waals surface area contributed by atoms with Gasteiger partial charge in [-0.1, -0.05) is 52.0 Å². The second-order valence-electron chi connectivity index (χ2n) is 6.78. The Kier molecular flexibility index (Phi) is 6.69. The topological polar surface area (TPSA) is 24.9 Å². The van der Waals surface area contributed by atoms with Crippen molar-refractivity contribution in [2.75, 3.05) is 7.05 Å². The molecule has 1 aromatic heterocycles. The van der Waals surface area contributed by atoms with Crippen molar-refractivity contribution in [3.8, 4) is 0 Å². The molecule has 0 bridgehead atoms. The molecule has 1 aliphatic rings. The average Bonchev–Trinajstić information content (AvgIpc) is 2.55. The highest BCUT2D eigenvalue weighted by atomic mass is 14.9. The molecule has 0 saturated heterocycles. The number of hydrogen-bond acceptors (Lipinski definition) is 2. The summed E-state index contributed by atoms with van der Waals surface area (Å²) >= 11 is 0. The van der Waals surface area contributed by atoms with Crippen LogP contribution in [0.15, 0.2) is 24.4 Å². The predicted molar refractivity (Wildman–Crippen MR) is 90.5 cm³/mol. The number of aromatic nitrogens is 1. The Morgan fingerprint density at radius 2 is 2.00 bits per heavy atom. The van der Waals surface area contributed by atoms with Crippen molar-refractivity contribution < 1.29 is 0 Å². The summed E-state index contributed by atoms with van der Waals surface area (Å²) in [5.41, 5.74) is 1.23. The molecular formula is C19H32N2. The first kappa shape index (κ1) is 16.5. The zero-order valence-corrected chi connectivity index (χ0v) is 14.0. The van der Waals surface area contributed by atoms with E-state index in [-0.39, 0.29) is 0 Å². The third kappa shape index (κ3) is 4.54. The minimum atomic E-state index is 0.494. The van der Waals surface area contributed by atoms with Crippen LogP contribution in [0.4, 0.5) is 0 Å². The van der Waals surface area contributed by atoms with Crippen LogP contribution in [-0.4, -0.2) is 18.1 Å². The molecule has 2 atom stereocenters. The average molecular weight is 288 g/mol. The van der Waals surface area contributed by atoms with Gasteiger partial charge >= 0.3 is 0 Å². The molecule has 1 N–H and O–H groups in total. The van der Waals surface area contributed by atoms with E-state index < -0.39 is 0 Å². The molecule has 0 spiro atoms. The zero-order chi connectivity index (χ0) is 15.1. The maximum absolute atomic E-state index is 4.56. The minimum Gasteiger partial charge on any atom is -0.316 e. The number of nitrogens with zero attached hydrogens (tertiary/aromatic N) is 1. The fraction of sp³-hybridized carbons (Fsp3) is 0.737. The molecule has 0 amide bonds. The van der Waals surface area contributed by atoms with Crippen molar-refractivity contribution >= 4 is 0 Å². The highest BCUT2D eigenvalue weighted by Crippen LogP contribution is 2.36. The summed E-state index contributed by atoms with van der Waals surface area (Å²) in [6.45, 7) is 4.63. The first-order chi connectivity index (χ1) is 10.3. The van der Waals surface area contributed by atoms with Crippen molar-refractivity contribution in [2.24, 2.45) is 11.8 Å². The van der Waals surface area contributed by atoms with Crippen molar-refractivity contribution in [1.29, 1.82) is 0 Å². The summed E-state index contributed by atoms with van der Waals surface area (Å²) in [4.78, 5) is 4.56. The van der Waals surface area contributed by atoms with Gasteiger partial charge in [0.25, 0.3) is 0 Å². The van der Waals surface area contributed by atoms with Crippen molar-refractivity contribution in [3.05, 3.63) is 30.1 Å². The molecule has 1 aliphatic carbocycles. The minimum absolute atomic E-state index is 0.494. The molecule has 0 radical (unpaired) electrons. The summed E-state index contributed by atoms with van der Waals surface area (Å²) in [5, 5.41) is 3.59. The molecule has 1 saturated carbocycles. The smallest absolute Gasteiger partial charge is 0.0447 e. The monoisotopic (exact) mass is 288 g/mol. The van der Waals surface area contributed by atoms with Gasteiger partial charge in [-0.3, -0.25) is 4.98 Å². The molecule has 0 aromatic carbocycles. The maximum Gasteiger partial charge on any atom is 0.0447 e. The van der Waals surface area contributed by atoms with E-state index >= 15 is 0 Å². The third-order valence-corrected chi connectivity index (χ3v) is 5.39. The van der Waals surface area contributed by atoms with E-state index in [0.29, 0.717) is 12.0 Å². The fourth-order valence-electron chi connectivity index (χ4n) is 4.05. The van der Waals surface area contributed by atoms with E-state index in [0.717, 1.165) is 11.8 Å². The van der Waals surface area contributed by atoms with Crippen LogP contribution >= 0.6 is 0 Å². The number of likely N-dealkylation sites (N-methyl/N-ethyl adjacent to an activating group) is 1.